The molecule has 15 heavy (non-hydrogen) atoms. The Morgan fingerprint density at radius 2 is 2.33 bits per heavy atom. The number of nitriles is 1. The molecule has 1 heterocycles. The van der Waals surface area contributed by atoms with Crippen molar-refractivity contribution in [3.63, 3.8) is 0 Å². The van der Waals surface area contributed by atoms with E-state index in [1.807, 2.05) is 17.8 Å². The minimum atomic E-state index is 0.297. The monoisotopic (exact) mass is 203 g/mol. The quantitative estimate of drug-likeness (QED) is 0.758. The second-order valence-electron chi connectivity index (χ2n) is 4.47. The summed E-state index contributed by atoms with van der Waals surface area (Å²) in [5.41, 5.74) is 1.18. The lowest BCUT2D eigenvalue weighted by atomic mass is 9.96. The van der Waals surface area contributed by atoms with Gasteiger partial charge < -0.3 is 0 Å². The van der Waals surface area contributed by atoms with E-state index < -0.39 is 0 Å². The molecule has 1 aromatic heterocycles. The first-order chi connectivity index (χ1) is 7.31. The molecule has 3 heteroatoms. The van der Waals surface area contributed by atoms with Gasteiger partial charge in [0, 0.05) is 6.20 Å². The molecule has 3 nitrogen and oxygen atoms in total. The molecule has 1 aliphatic rings. The van der Waals surface area contributed by atoms with Gasteiger partial charge in [-0.05, 0) is 31.2 Å². The van der Waals surface area contributed by atoms with Crippen LogP contribution >= 0.6 is 0 Å². The number of nitrogens with zero attached hydrogens (tertiary/aromatic N) is 3. The Morgan fingerprint density at radius 1 is 1.60 bits per heavy atom. The molecule has 0 unspecified atom stereocenters. The van der Waals surface area contributed by atoms with E-state index in [0.29, 0.717) is 18.4 Å². The Hall–Kier alpha value is -1.30. The van der Waals surface area contributed by atoms with Gasteiger partial charge in [0.15, 0.2) is 0 Å². The average molecular weight is 203 g/mol. The van der Waals surface area contributed by atoms with Crippen molar-refractivity contribution in [1.29, 1.82) is 5.26 Å². The molecule has 2 rings (SSSR count). The van der Waals surface area contributed by atoms with Gasteiger partial charge in [-0.3, -0.25) is 4.68 Å². The highest BCUT2D eigenvalue weighted by molar-refractivity contribution is 5.02. The van der Waals surface area contributed by atoms with Gasteiger partial charge in [0.2, 0.25) is 0 Å². The van der Waals surface area contributed by atoms with Gasteiger partial charge in [0.1, 0.15) is 0 Å². The predicted molar refractivity (Wildman–Crippen MR) is 58.2 cm³/mol. The molecule has 0 N–H and O–H groups in total. The van der Waals surface area contributed by atoms with Crippen LogP contribution in [0.5, 0.6) is 0 Å². The molecule has 1 atom stereocenters. The van der Waals surface area contributed by atoms with Crippen LogP contribution in [0, 0.1) is 24.2 Å². The topological polar surface area (TPSA) is 41.6 Å². The third-order valence-electron chi connectivity index (χ3n) is 3.31. The van der Waals surface area contributed by atoms with E-state index in [2.05, 4.69) is 17.4 Å². The summed E-state index contributed by atoms with van der Waals surface area (Å²) >= 11 is 0. The molecular weight excluding hydrogens is 186 g/mol. The Morgan fingerprint density at radius 3 is 2.87 bits per heavy atom. The summed E-state index contributed by atoms with van der Waals surface area (Å²) in [5.74, 6) is 0.656. The van der Waals surface area contributed by atoms with Crippen molar-refractivity contribution in [1.82, 2.24) is 9.78 Å². The molecule has 80 valence electrons. The number of aromatic nitrogens is 2. The predicted octanol–water partition coefficient (Wildman–Crippen LogP) is 2.84. The molecular formula is C12H17N3. The van der Waals surface area contributed by atoms with Gasteiger partial charge in [-0.25, -0.2) is 0 Å². The van der Waals surface area contributed by atoms with Crippen molar-refractivity contribution in [2.24, 2.45) is 5.92 Å². The fourth-order valence-electron chi connectivity index (χ4n) is 2.53. The number of hydrogen-bond donors (Lipinski definition) is 0. The molecule has 0 radical (unpaired) electrons. The van der Waals surface area contributed by atoms with Crippen molar-refractivity contribution in [3.8, 4) is 6.07 Å². The molecule has 0 spiro atoms. The highest BCUT2D eigenvalue weighted by Gasteiger charge is 2.26. The first kappa shape index (κ1) is 10.2. The fourth-order valence-corrected chi connectivity index (χ4v) is 2.53. The van der Waals surface area contributed by atoms with E-state index in [0.717, 1.165) is 0 Å². The van der Waals surface area contributed by atoms with E-state index in [-0.39, 0.29) is 0 Å². The second-order valence-corrected chi connectivity index (χ2v) is 4.47. The van der Waals surface area contributed by atoms with Crippen molar-refractivity contribution >= 4 is 0 Å². The summed E-state index contributed by atoms with van der Waals surface area (Å²) in [5, 5.41) is 13.2. The van der Waals surface area contributed by atoms with E-state index in [1.54, 1.807) is 0 Å². The molecule has 0 bridgehead atoms. The maximum Gasteiger partial charge on any atom is 0.0677 e. The van der Waals surface area contributed by atoms with Crippen LogP contribution in [0.15, 0.2) is 12.4 Å². The van der Waals surface area contributed by atoms with Crippen molar-refractivity contribution < 1.29 is 0 Å². The Labute approximate surface area is 90.7 Å². The zero-order valence-electron chi connectivity index (χ0n) is 9.19. The van der Waals surface area contributed by atoms with Crippen LogP contribution in [-0.2, 0) is 0 Å². The summed E-state index contributed by atoms with van der Waals surface area (Å²) < 4.78 is 1.99. The summed E-state index contributed by atoms with van der Waals surface area (Å²) in [7, 11) is 0. The van der Waals surface area contributed by atoms with Crippen molar-refractivity contribution in [2.45, 2.75) is 45.1 Å². The van der Waals surface area contributed by atoms with Gasteiger partial charge in [-0.1, -0.05) is 12.8 Å². The average Bonchev–Trinajstić information content (AvgIpc) is 2.85. The first-order valence-electron chi connectivity index (χ1n) is 5.69. The largest absolute Gasteiger partial charge is 0.268 e. The lowest BCUT2D eigenvalue weighted by Gasteiger charge is -2.21. The van der Waals surface area contributed by atoms with Gasteiger partial charge >= 0.3 is 0 Å². The van der Waals surface area contributed by atoms with Crippen LogP contribution in [0.25, 0.3) is 0 Å². The third-order valence-corrected chi connectivity index (χ3v) is 3.31. The van der Waals surface area contributed by atoms with Crippen molar-refractivity contribution in [2.75, 3.05) is 0 Å². The summed E-state index contributed by atoms with van der Waals surface area (Å²) in [4.78, 5) is 0. The highest BCUT2D eigenvalue weighted by Crippen LogP contribution is 2.35. The normalized spacial score (nSPS) is 18.9. The molecule has 0 saturated heterocycles. The smallest absolute Gasteiger partial charge is 0.0677 e. The Balaban J connectivity index is 2.15. The Kier molecular flexibility index (Phi) is 3.05. The van der Waals surface area contributed by atoms with Crippen LogP contribution in [-0.4, -0.2) is 9.78 Å². The lowest BCUT2D eigenvalue weighted by molar-refractivity contribution is 0.314. The first-order valence-corrected chi connectivity index (χ1v) is 5.69. The van der Waals surface area contributed by atoms with E-state index in [4.69, 9.17) is 5.26 Å². The van der Waals surface area contributed by atoms with Crippen LogP contribution in [0.4, 0.5) is 0 Å². The summed E-state index contributed by atoms with van der Waals surface area (Å²) in [6.07, 6.45) is 9.65. The molecule has 0 amide bonds. The van der Waals surface area contributed by atoms with E-state index in [9.17, 15) is 0 Å². The van der Waals surface area contributed by atoms with Gasteiger partial charge in [0.25, 0.3) is 0 Å². The van der Waals surface area contributed by atoms with E-state index in [1.165, 1.54) is 31.2 Å². The van der Waals surface area contributed by atoms with Crippen LogP contribution in [0.2, 0.25) is 0 Å². The third kappa shape index (κ3) is 2.20. The minimum absolute atomic E-state index is 0.297. The SMILES string of the molecule is Cc1cnn([C@@H](CC#N)C2CCCC2)c1. The van der Waals surface area contributed by atoms with Gasteiger partial charge in [0.05, 0.1) is 24.7 Å². The highest BCUT2D eigenvalue weighted by atomic mass is 15.3. The number of aryl methyl sites for hydroxylation is 1. The maximum atomic E-state index is 8.87. The molecule has 1 aliphatic carbocycles. The molecule has 0 aliphatic heterocycles. The van der Waals surface area contributed by atoms with Crippen LogP contribution in [0.1, 0.15) is 43.7 Å². The van der Waals surface area contributed by atoms with Crippen molar-refractivity contribution in [3.05, 3.63) is 18.0 Å². The Bertz CT molecular complexity index is 355. The zero-order chi connectivity index (χ0) is 10.7. The molecule has 1 saturated carbocycles. The fraction of sp³-hybridized carbons (Fsp3) is 0.667. The van der Waals surface area contributed by atoms with Gasteiger partial charge in [-0.2, -0.15) is 10.4 Å². The standard InChI is InChI=1S/C12H17N3/c1-10-8-14-15(9-10)12(6-7-13)11-4-2-3-5-11/h8-9,11-12H,2-6H2,1H3/t12-/m0/s1. The summed E-state index contributed by atoms with van der Waals surface area (Å²) in [6.45, 7) is 2.04. The number of rotatable bonds is 3. The lowest BCUT2D eigenvalue weighted by Crippen LogP contribution is -2.17. The van der Waals surface area contributed by atoms with Crippen LogP contribution < -0.4 is 0 Å². The molecule has 0 aromatic carbocycles. The second kappa shape index (κ2) is 4.48. The van der Waals surface area contributed by atoms with Gasteiger partial charge in [-0.15, -0.1) is 0 Å². The van der Waals surface area contributed by atoms with Crippen LogP contribution in [0.3, 0.4) is 0 Å². The molecule has 1 fully saturated rings. The molecule has 1 aromatic rings. The minimum Gasteiger partial charge on any atom is -0.268 e. The number of hydrogen-bond acceptors (Lipinski definition) is 2. The van der Waals surface area contributed by atoms with E-state index >= 15 is 0 Å². The maximum absolute atomic E-state index is 8.87. The summed E-state index contributed by atoms with van der Waals surface area (Å²) in [6, 6.07) is 2.59. The zero-order valence-corrected chi connectivity index (χ0v) is 9.19.